The van der Waals surface area contributed by atoms with Crippen molar-refractivity contribution in [3.8, 4) is 0 Å². The van der Waals surface area contributed by atoms with Crippen LogP contribution in [0.5, 0.6) is 0 Å². The standard InChI is InChI=1S/C14H9ClF3NO/c15-13(20)11-8-4-5-9-12(11)19(14(16,17)18)10-6-2-1-3-7-10/h1-9H. The van der Waals surface area contributed by atoms with Crippen LogP contribution < -0.4 is 4.90 Å². The minimum absolute atomic E-state index is 0.0923. The number of benzene rings is 2. The van der Waals surface area contributed by atoms with E-state index >= 15 is 0 Å². The third-order valence-corrected chi connectivity index (χ3v) is 2.83. The number of nitrogens with zero attached hydrogens (tertiary/aromatic N) is 1. The molecule has 2 aromatic rings. The Hall–Kier alpha value is -2.01. The van der Waals surface area contributed by atoms with Gasteiger partial charge >= 0.3 is 6.30 Å². The van der Waals surface area contributed by atoms with Gasteiger partial charge in [0.05, 0.1) is 11.3 Å². The van der Waals surface area contributed by atoms with E-state index in [1.54, 1.807) is 6.07 Å². The average Bonchev–Trinajstić information content (AvgIpc) is 2.39. The van der Waals surface area contributed by atoms with Gasteiger partial charge in [0.25, 0.3) is 5.24 Å². The van der Waals surface area contributed by atoms with E-state index in [-0.39, 0.29) is 21.8 Å². The number of halogens is 4. The fourth-order valence-electron chi connectivity index (χ4n) is 1.83. The molecule has 0 aliphatic rings. The zero-order chi connectivity index (χ0) is 14.8. The van der Waals surface area contributed by atoms with Gasteiger partial charge in [0.2, 0.25) is 0 Å². The van der Waals surface area contributed by atoms with Crippen LogP contribution in [0.4, 0.5) is 24.5 Å². The molecule has 0 aliphatic carbocycles. The minimum atomic E-state index is -4.68. The lowest BCUT2D eigenvalue weighted by molar-refractivity contribution is -0.120. The first-order valence-electron chi connectivity index (χ1n) is 5.62. The zero-order valence-electron chi connectivity index (χ0n) is 10.1. The Morgan fingerprint density at radius 2 is 1.50 bits per heavy atom. The van der Waals surface area contributed by atoms with Crippen molar-refractivity contribution in [2.45, 2.75) is 6.30 Å². The van der Waals surface area contributed by atoms with Gasteiger partial charge < -0.3 is 0 Å². The lowest BCUT2D eigenvalue weighted by atomic mass is 10.1. The lowest BCUT2D eigenvalue weighted by Gasteiger charge is -2.28. The smallest absolute Gasteiger partial charge is 0.276 e. The fourth-order valence-corrected chi connectivity index (χ4v) is 1.99. The molecule has 104 valence electrons. The van der Waals surface area contributed by atoms with Crippen molar-refractivity contribution in [2.24, 2.45) is 0 Å². The molecule has 0 N–H and O–H groups in total. The van der Waals surface area contributed by atoms with Crippen molar-refractivity contribution in [3.63, 3.8) is 0 Å². The molecule has 0 bridgehead atoms. The van der Waals surface area contributed by atoms with Crippen LogP contribution in [0.25, 0.3) is 0 Å². The predicted molar refractivity (Wildman–Crippen MR) is 71.3 cm³/mol. The highest BCUT2D eigenvalue weighted by Gasteiger charge is 2.40. The Labute approximate surface area is 118 Å². The summed E-state index contributed by atoms with van der Waals surface area (Å²) in [6, 6.07) is 12.5. The highest BCUT2D eigenvalue weighted by Crippen LogP contribution is 2.38. The van der Waals surface area contributed by atoms with E-state index in [0.29, 0.717) is 0 Å². The fraction of sp³-hybridized carbons (Fsp3) is 0.0714. The number of carbonyl (C=O) groups excluding carboxylic acids is 1. The molecule has 0 spiro atoms. The Balaban J connectivity index is 2.63. The van der Waals surface area contributed by atoms with Gasteiger partial charge in [-0.2, -0.15) is 0 Å². The number of alkyl halides is 3. The van der Waals surface area contributed by atoms with E-state index in [4.69, 9.17) is 11.6 Å². The van der Waals surface area contributed by atoms with Crippen molar-refractivity contribution in [1.29, 1.82) is 0 Å². The lowest BCUT2D eigenvalue weighted by Crippen LogP contribution is -2.34. The van der Waals surface area contributed by atoms with Gasteiger partial charge in [-0.05, 0) is 35.9 Å². The summed E-state index contributed by atoms with van der Waals surface area (Å²) in [6.07, 6.45) is -4.68. The van der Waals surface area contributed by atoms with Crippen LogP contribution in [-0.4, -0.2) is 11.5 Å². The van der Waals surface area contributed by atoms with E-state index in [0.717, 1.165) is 0 Å². The van der Waals surface area contributed by atoms with Gasteiger partial charge in [-0.25, -0.2) is 0 Å². The second kappa shape index (κ2) is 5.54. The zero-order valence-corrected chi connectivity index (χ0v) is 10.8. The topological polar surface area (TPSA) is 20.3 Å². The van der Waals surface area contributed by atoms with Crippen LogP contribution in [0.15, 0.2) is 54.6 Å². The number of rotatable bonds is 3. The quantitative estimate of drug-likeness (QED) is 0.603. The first-order chi connectivity index (χ1) is 9.41. The number of anilines is 2. The third-order valence-electron chi connectivity index (χ3n) is 2.62. The monoisotopic (exact) mass is 299 g/mol. The van der Waals surface area contributed by atoms with Crippen molar-refractivity contribution in [1.82, 2.24) is 0 Å². The normalized spacial score (nSPS) is 11.2. The summed E-state index contributed by atoms with van der Waals surface area (Å²) in [4.78, 5) is 11.4. The maximum atomic E-state index is 13.3. The first-order valence-corrected chi connectivity index (χ1v) is 6.00. The second-order valence-electron chi connectivity index (χ2n) is 3.93. The van der Waals surface area contributed by atoms with Gasteiger partial charge in [0, 0.05) is 5.69 Å². The SMILES string of the molecule is O=C(Cl)c1ccccc1N(c1ccccc1)C(F)(F)F. The molecule has 2 aromatic carbocycles. The summed E-state index contributed by atoms with van der Waals surface area (Å²) in [7, 11) is 0. The predicted octanol–water partition coefficient (Wildman–Crippen LogP) is 4.72. The van der Waals surface area contributed by atoms with E-state index < -0.39 is 11.5 Å². The van der Waals surface area contributed by atoms with Crippen molar-refractivity contribution < 1.29 is 18.0 Å². The van der Waals surface area contributed by atoms with Crippen LogP contribution in [0, 0.1) is 0 Å². The first kappa shape index (κ1) is 14.4. The van der Waals surface area contributed by atoms with Gasteiger partial charge in [-0.1, -0.05) is 30.3 Å². The van der Waals surface area contributed by atoms with E-state index in [1.165, 1.54) is 48.5 Å². The average molecular weight is 300 g/mol. The van der Waals surface area contributed by atoms with Crippen LogP contribution in [0.1, 0.15) is 10.4 Å². The number of carbonyl (C=O) groups is 1. The maximum absolute atomic E-state index is 13.3. The van der Waals surface area contributed by atoms with E-state index in [1.807, 2.05) is 0 Å². The molecule has 0 saturated carbocycles. The van der Waals surface area contributed by atoms with Crippen molar-refractivity contribution >= 4 is 28.2 Å². The molecule has 20 heavy (non-hydrogen) atoms. The molecule has 0 aliphatic heterocycles. The van der Waals surface area contributed by atoms with E-state index in [2.05, 4.69) is 0 Å². The molecule has 0 unspecified atom stereocenters. The van der Waals surface area contributed by atoms with Crippen LogP contribution in [0.2, 0.25) is 0 Å². The Morgan fingerprint density at radius 3 is 2.05 bits per heavy atom. The maximum Gasteiger partial charge on any atom is 0.489 e. The number of hydrogen-bond acceptors (Lipinski definition) is 2. The van der Waals surface area contributed by atoms with Crippen molar-refractivity contribution in [3.05, 3.63) is 60.2 Å². The molecule has 0 atom stereocenters. The largest absolute Gasteiger partial charge is 0.489 e. The number of para-hydroxylation sites is 2. The Morgan fingerprint density at radius 1 is 0.950 bits per heavy atom. The van der Waals surface area contributed by atoms with E-state index in [9.17, 15) is 18.0 Å². The third kappa shape index (κ3) is 2.93. The molecule has 0 aromatic heterocycles. The van der Waals surface area contributed by atoms with Gasteiger partial charge in [-0.3, -0.25) is 9.69 Å². The van der Waals surface area contributed by atoms with Gasteiger partial charge in [0.1, 0.15) is 0 Å². The highest BCUT2D eigenvalue weighted by atomic mass is 35.5. The summed E-state index contributed by atoms with van der Waals surface area (Å²) in [6.45, 7) is 0. The summed E-state index contributed by atoms with van der Waals surface area (Å²) in [5.41, 5.74) is -0.591. The summed E-state index contributed by atoms with van der Waals surface area (Å²) in [5.74, 6) is 0. The molecule has 0 radical (unpaired) electrons. The molecule has 6 heteroatoms. The molecule has 0 saturated heterocycles. The summed E-state index contributed by atoms with van der Waals surface area (Å²) in [5, 5.41) is -0.939. The van der Waals surface area contributed by atoms with Crippen LogP contribution in [-0.2, 0) is 0 Å². The molecular weight excluding hydrogens is 291 g/mol. The van der Waals surface area contributed by atoms with Gasteiger partial charge in [0.15, 0.2) is 0 Å². The minimum Gasteiger partial charge on any atom is -0.276 e. The van der Waals surface area contributed by atoms with Crippen LogP contribution >= 0.6 is 11.6 Å². The molecule has 0 amide bonds. The summed E-state index contributed by atoms with van der Waals surface area (Å²) >= 11 is 5.36. The van der Waals surface area contributed by atoms with Crippen LogP contribution in [0.3, 0.4) is 0 Å². The number of hydrogen-bond donors (Lipinski definition) is 0. The Kier molecular flexibility index (Phi) is 3.99. The molecule has 0 heterocycles. The second-order valence-corrected chi connectivity index (χ2v) is 4.27. The molecule has 2 nitrogen and oxygen atoms in total. The van der Waals surface area contributed by atoms with Gasteiger partial charge in [-0.15, -0.1) is 13.2 Å². The Bertz CT molecular complexity index is 613. The van der Waals surface area contributed by atoms with Crippen molar-refractivity contribution in [2.75, 3.05) is 4.90 Å². The molecule has 0 fully saturated rings. The highest BCUT2D eigenvalue weighted by molar-refractivity contribution is 6.68. The molecular formula is C14H9ClF3NO. The summed E-state index contributed by atoms with van der Waals surface area (Å²) < 4.78 is 39.9. The molecule has 2 rings (SSSR count).